The molecule has 134 valence electrons. The number of hydrogen-bond donors (Lipinski definition) is 2. The van der Waals surface area contributed by atoms with Crippen molar-refractivity contribution in [3.63, 3.8) is 0 Å². The van der Waals surface area contributed by atoms with E-state index in [0.29, 0.717) is 0 Å². The average Bonchev–Trinajstić information content (AvgIpc) is 2.44. The highest BCUT2D eigenvalue weighted by Crippen LogP contribution is 2.42. The zero-order chi connectivity index (χ0) is 18.9. The van der Waals surface area contributed by atoms with Crippen molar-refractivity contribution in [2.24, 2.45) is 0 Å². The first-order chi connectivity index (χ1) is 11.5. The molecule has 0 amide bonds. The van der Waals surface area contributed by atoms with Gasteiger partial charge < -0.3 is 15.2 Å². The fourth-order valence-electron chi connectivity index (χ4n) is 2.75. The summed E-state index contributed by atoms with van der Waals surface area (Å²) in [5, 5.41) is 23.5. The lowest BCUT2D eigenvalue weighted by Crippen LogP contribution is -2.31. The van der Waals surface area contributed by atoms with Crippen molar-refractivity contribution in [2.45, 2.75) is 26.1 Å². The smallest absolute Gasteiger partial charge is 0.478 e. The van der Waals surface area contributed by atoms with Crippen molar-refractivity contribution in [2.75, 3.05) is 0 Å². The molecule has 2 rings (SSSR count). The predicted octanol–water partition coefficient (Wildman–Crippen LogP) is 3.14. The Kier molecular flexibility index (Phi) is 4.73. The van der Waals surface area contributed by atoms with Gasteiger partial charge in [-0.1, -0.05) is 18.2 Å². The summed E-state index contributed by atoms with van der Waals surface area (Å²) >= 11 is 0. The number of carboxylic acid groups (broad SMARTS) is 1. The maximum atomic E-state index is 12.6. The van der Waals surface area contributed by atoms with Gasteiger partial charge in [0.1, 0.15) is 11.7 Å². The maximum Gasteiger partial charge on any atom is 0.573 e. The van der Waals surface area contributed by atoms with Crippen LogP contribution in [0.1, 0.15) is 25.3 Å². The van der Waals surface area contributed by atoms with Gasteiger partial charge in [0, 0.05) is 11.3 Å². The first-order valence-corrected chi connectivity index (χ1v) is 6.94. The van der Waals surface area contributed by atoms with Crippen LogP contribution < -0.4 is 10.1 Å². The van der Waals surface area contributed by atoms with Crippen LogP contribution in [0, 0.1) is 10.1 Å². The summed E-state index contributed by atoms with van der Waals surface area (Å²) in [4.78, 5) is 22.2. The van der Waals surface area contributed by atoms with Gasteiger partial charge >= 0.3 is 12.3 Å². The molecule has 0 aliphatic carbocycles. The predicted molar refractivity (Wildman–Crippen MR) is 79.0 cm³/mol. The Morgan fingerprint density at radius 1 is 1.28 bits per heavy atom. The van der Waals surface area contributed by atoms with Crippen LogP contribution in [-0.4, -0.2) is 22.4 Å². The third-order valence-electron chi connectivity index (χ3n) is 3.61. The first-order valence-electron chi connectivity index (χ1n) is 6.94. The lowest BCUT2D eigenvalue weighted by Gasteiger charge is -2.26. The van der Waals surface area contributed by atoms with Crippen molar-refractivity contribution in [1.29, 1.82) is 0 Å². The molecule has 0 fully saturated rings. The number of alkyl halides is 3. The Balaban J connectivity index is 2.73. The van der Waals surface area contributed by atoms with E-state index in [2.05, 4.69) is 10.1 Å². The zero-order valence-corrected chi connectivity index (χ0v) is 13.0. The molecule has 2 N–H and O–H groups in total. The normalized spacial score (nSPS) is 18.0. The van der Waals surface area contributed by atoms with E-state index >= 15 is 0 Å². The number of allylic oxidation sites excluding steroid dienone is 3. The number of rotatable bonds is 4. The Morgan fingerprint density at radius 3 is 2.40 bits per heavy atom. The Labute approximate surface area is 139 Å². The number of para-hydroxylation sites is 1. The quantitative estimate of drug-likeness (QED) is 0.633. The number of halogens is 3. The molecule has 0 saturated heterocycles. The van der Waals surface area contributed by atoms with E-state index in [9.17, 15) is 33.2 Å². The molecule has 1 unspecified atom stereocenters. The SMILES string of the molecule is CC1=C(C(=O)O)C(c2ccccc2OC(F)(F)F)C([N+](=O)[O-])=C(C)N1. The molecule has 1 heterocycles. The zero-order valence-electron chi connectivity index (χ0n) is 13.0. The Morgan fingerprint density at radius 2 is 1.88 bits per heavy atom. The average molecular weight is 358 g/mol. The topological polar surface area (TPSA) is 102 Å². The van der Waals surface area contributed by atoms with Crippen LogP contribution in [-0.2, 0) is 4.79 Å². The highest BCUT2D eigenvalue weighted by Gasteiger charge is 2.43. The van der Waals surface area contributed by atoms with Gasteiger partial charge in [-0.15, -0.1) is 13.2 Å². The van der Waals surface area contributed by atoms with E-state index in [-0.39, 0.29) is 17.0 Å². The number of aliphatic carboxylic acids is 1. The summed E-state index contributed by atoms with van der Waals surface area (Å²) in [6.07, 6.45) is -5.03. The number of nitrogens with one attached hydrogen (secondary N) is 1. The monoisotopic (exact) mass is 358 g/mol. The second-order valence-electron chi connectivity index (χ2n) is 5.25. The molecule has 0 aromatic heterocycles. The van der Waals surface area contributed by atoms with Crippen molar-refractivity contribution in [3.05, 3.63) is 62.6 Å². The highest BCUT2D eigenvalue weighted by atomic mass is 19.4. The largest absolute Gasteiger partial charge is 0.573 e. The molecule has 0 spiro atoms. The fraction of sp³-hybridized carbons (Fsp3) is 0.267. The Bertz CT molecular complexity index is 763. The van der Waals surface area contributed by atoms with E-state index in [1.54, 1.807) is 0 Å². The van der Waals surface area contributed by atoms with E-state index < -0.39 is 40.2 Å². The molecule has 0 saturated carbocycles. The molecule has 10 heteroatoms. The lowest BCUT2D eigenvalue weighted by molar-refractivity contribution is -0.431. The van der Waals surface area contributed by atoms with Gasteiger partial charge in [-0.25, -0.2) is 4.79 Å². The number of nitrogens with zero attached hydrogens (tertiary/aromatic N) is 1. The molecule has 1 atom stereocenters. The van der Waals surface area contributed by atoms with Gasteiger partial charge in [0.25, 0.3) is 5.70 Å². The van der Waals surface area contributed by atoms with Crippen molar-refractivity contribution >= 4 is 5.97 Å². The van der Waals surface area contributed by atoms with Crippen LogP contribution in [0.5, 0.6) is 5.75 Å². The van der Waals surface area contributed by atoms with Crippen LogP contribution in [0.2, 0.25) is 0 Å². The molecule has 1 aromatic rings. The number of dihydropyridines is 1. The summed E-state index contributed by atoms with van der Waals surface area (Å²) in [7, 11) is 0. The molecular formula is C15H13F3N2O5. The van der Waals surface area contributed by atoms with Gasteiger partial charge in [-0.3, -0.25) is 10.1 Å². The molecule has 1 aliphatic rings. The maximum absolute atomic E-state index is 12.6. The van der Waals surface area contributed by atoms with E-state index in [0.717, 1.165) is 6.07 Å². The number of carboxylic acids is 1. The third kappa shape index (κ3) is 3.73. The minimum atomic E-state index is -5.03. The van der Waals surface area contributed by atoms with Gasteiger partial charge in [0.05, 0.1) is 16.2 Å². The molecular weight excluding hydrogens is 345 g/mol. The standard InChI is InChI=1S/C15H13F3N2O5/c1-7-11(14(21)22)12(13(20(23)24)8(2)19-7)9-5-3-4-6-10(9)25-15(16,17)18/h3-6,12,19H,1-2H3,(H,21,22). The van der Waals surface area contributed by atoms with Crippen LogP contribution >= 0.6 is 0 Å². The summed E-state index contributed by atoms with van der Waals surface area (Å²) < 4.78 is 41.9. The second-order valence-corrected chi connectivity index (χ2v) is 5.25. The molecule has 25 heavy (non-hydrogen) atoms. The molecule has 0 bridgehead atoms. The van der Waals surface area contributed by atoms with E-state index in [4.69, 9.17) is 0 Å². The summed E-state index contributed by atoms with van der Waals surface area (Å²) in [6.45, 7) is 2.73. The highest BCUT2D eigenvalue weighted by molar-refractivity contribution is 5.91. The number of benzene rings is 1. The van der Waals surface area contributed by atoms with Crippen LogP contribution in [0.3, 0.4) is 0 Å². The van der Waals surface area contributed by atoms with Crippen LogP contribution in [0.4, 0.5) is 13.2 Å². The first kappa shape index (κ1) is 18.3. The second kappa shape index (κ2) is 6.46. The van der Waals surface area contributed by atoms with Crippen molar-refractivity contribution in [1.82, 2.24) is 5.32 Å². The molecule has 7 nitrogen and oxygen atoms in total. The number of nitro groups is 1. The number of carbonyl (C=O) groups is 1. The molecule has 1 aromatic carbocycles. The fourth-order valence-corrected chi connectivity index (χ4v) is 2.75. The van der Waals surface area contributed by atoms with Crippen molar-refractivity contribution < 1.29 is 32.7 Å². The minimum Gasteiger partial charge on any atom is -0.478 e. The van der Waals surface area contributed by atoms with E-state index in [1.807, 2.05) is 0 Å². The number of ether oxygens (including phenoxy) is 1. The van der Waals surface area contributed by atoms with Gasteiger partial charge in [0.2, 0.25) is 0 Å². The number of hydrogen-bond acceptors (Lipinski definition) is 5. The van der Waals surface area contributed by atoms with Gasteiger partial charge in [0.15, 0.2) is 0 Å². The summed E-state index contributed by atoms with van der Waals surface area (Å²) in [5.74, 6) is -3.70. The van der Waals surface area contributed by atoms with Crippen LogP contribution in [0.15, 0.2) is 46.9 Å². The van der Waals surface area contributed by atoms with Gasteiger partial charge in [-0.2, -0.15) is 0 Å². The third-order valence-corrected chi connectivity index (χ3v) is 3.61. The molecule has 1 aliphatic heterocycles. The van der Waals surface area contributed by atoms with E-state index in [1.165, 1.54) is 32.0 Å². The lowest BCUT2D eigenvalue weighted by atomic mass is 9.83. The van der Waals surface area contributed by atoms with Crippen molar-refractivity contribution in [3.8, 4) is 5.75 Å². The Hall–Kier alpha value is -3.04. The van der Waals surface area contributed by atoms with Gasteiger partial charge in [-0.05, 0) is 19.9 Å². The molecule has 0 radical (unpaired) electrons. The van der Waals surface area contributed by atoms with Crippen LogP contribution in [0.25, 0.3) is 0 Å². The summed E-state index contributed by atoms with van der Waals surface area (Å²) in [5.41, 5.74) is -1.09. The minimum absolute atomic E-state index is 0.0410. The summed E-state index contributed by atoms with van der Waals surface area (Å²) in [6, 6.07) is 4.75.